The second-order valence-corrected chi connectivity index (χ2v) is 4.55. The molecule has 1 fully saturated rings. The van der Waals surface area contributed by atoms with Crippen molar-refractivity contribution in [1.82, 2.24) is 0 Å². The molecule has 1 aliphatic rings. The van der Waals surface area contributed by atoms with Crippen molar-refractivity contribution in [3.8, 4) is 5.75 Å². The van der Waals surface area contributed by atoms with Gasteiger partial charge in [0.1, 0.15) is 5.75 Å². The van der Waals surface area contributed by atoms with Gasteiger partial charge in [0.25, 0.3) is 5.92 Å². The maximum atomic E-state index is 13.3. The highest BCUT2D eigenvalue weighted by atomic mass is 19.3. The van der Waals surface area contributed by atoms with Gasteiger partial charge in [-0.25, -0.2) is 8.78 Å². The Hall–Kier alpha value is -1.65. The number of halogens is 2. The van der Waals surface area contributed by atoms with Crippen LogP contribution in [0.5, 0.6) is 5.75 Å². The number of hydrogen-bond donors (Lipinski definition) is 2. The maximum absolute atomic E-state index is 13.3. The highest BCUT2D eigenvalue weighted by Gasteiger charge is 2.77. The SMILES string of the molecule is Cc1cc(C2(C(=O)O)CC2(F)F)cc(C)c1O. The highest BCUT2D eigenvalue weighted by Crippen LogP contribution is 2.62. The van der Waals surface area contributed by atoms with Crippen LogP contribution in [-0.4, -0.2) is 22.1 Å². The molecule has 1 aromatic carbocycles. The van der Waals surface area contributed by atoms with Crippen LogP contribution in [0.2, 0.25) is 0 Å². The average Bonchev–Trinajstić information content (AvgIpc) is 2.79. The Morgan fingerprint density at radius 3 is 2.00 bits per heavy atom. The third-order valence-electron chi connectivity index (χ3n) is 3.34. The van der Waals surface area contributed by atoms with E-state index in [1.54, 1.807) is 13.8 Å². The fourth-order valence-electron chi connectivity index (χ4n) is 2.16. The molecule has 1 saturated carbocycles. The zero-order chi connectivity index (χ0) is 13.0. The van der Waals surface area contributed by atoms with Crippen molar-refractivity contribution < 1.29 is 23.8 Å². The number of alkyl halides is 2. The number of phenolic OH excluding ortho intramolecular Hbond substituents is 1. The number of aliphatic carboxylic acids is 1. The molecule has 92 valence electrons. The molecule has 2 rings (SSSR count). The molecule has 17 heavy (non-hydrogen) atoms. The Balaban J connectivity index is 2.59. The Morgan fingerprint density at radius 1 is 1.29 bits per heavy atom. The normalized spacial score (nSPS) is 25.6. The van der Waals surface area contributed by atoms with Gasteiger partial charge in [0.15, 0.2) is 5.41 Å². The van der Waals surface area contributed by atoms with Gasteiger partial charge < -0.3 is 10.2 Å². The fraction of sp³-hybridized carbons (Fsp3) is 0.417. The zero-order valence-corrected chi connectivity index (χ0v) is 9.42. The molecule has 0 aliphatic heterocycles. The second kappa shape index (κ2) is 3.18. The number of aromatic hydroxyl groups is 1. The van der Waals surface area contributed by atoms with Gasteiger partial charge in [-0.2, -0.15) is 0 Å². The van der Waals surface area contributed by atoms with Crippen molar-refractivity contribution in [2.45, 2.75) is 31.6 Å². The number of carboxylic acids is 1. The van der Waals surface area contributed by atoms with E-state index in [0.29, 0.717) is 11.1 Å². The molecule has 0 bridgehead atoms. The van der Waals surface area contributed by atoms with Crippen LogP contribution in [0, 0.1) is 13.8 Å². The van der Waals surface area contributed by atoms with Gasteiger partial charge in [-0.1, -0.05) is 12.1 Å². The van der Waals surface area contributed by atoms with E-state index >= 15 is 0 Å². The van der Waals surface area contributed by atoms with Gasteiger partial charge in [-0.3, -0.25) is 4.79 Å². The monoisotopic (exact) mass is 242 g/mol. The molecule has 0 heterocycles. The van der Waals surface area contributed by atoms with Crippen LogP contribution >= 0.6 is 0 Å². The third kappa shape index (κ3) is 1.41. The Labute approximate surface area is 96.7 Å². The first kappa shape index (κ1) is 11.8. The zero-order valence-electron chi connectivity index (χ0n) is 9.42. The van der Waals surface area contributed by atoms with Crippen LogP contribution in [0.1, 0.15) is 23.1 Å². The van der Waals surface area contributed by atoms with E-state index in [0.717, 1.165) is 0 Å². The van der Waals surface area contributed by atoms with Crippen LogP contribution in [-0.2, 0) is 10.2 Å². The fourth-order valence-corrected chi connectivity index (χ4v) is 2.16. The summed E-state index contributed by atoms with van der Waals surface area (Å²) in [6, 6.07) is 2.63. The number of phenols is 1. The third-order valence-corrected chi connectivity index (χ3v) is 3.34. The molecule has 0 radical (unpaired) electrons. The standard InChI is InChI=1S/C12H12F2O3/c1-6-3-8(4-7(2)9(6)15)11(10(16)17)5-12(11,13)14/h3-4,15H,5H2,1-2H3,(H,16,17). The van der Waals surface area contributed by atoms with E-state index in [1.165, 1.54) is 12.1 Å². The lowest BCUT2D eigenvalue weighted by Crippen LogP contribution is -2.27. The Kier molecular flexibility index (Phi) is 2.21. The lowest BCUT2D eigenvalue weighted by molar-refractivity contribution is -0.142. The number of rotatable bonds is 2. The van der Waals surface area contributed by atoms with Crippen molar-refractivity contribution in [3.05, 3.63) is 28.8 Å². The highest BCUT2D eigenvalue weighted by molar-refractivity contribution is 5.88. The van der Waals surface area contributed by atoms with Crippen molar-refractivity contribution in [1.29, 1.82) is 0 Å². The summed E-state index contributed by atoms with van der Waals surface area (Å²) < 4.78 is 26.6. The molecule has 1 aliphatic carbocycles. The van der Waals surface area contributed by atoms with Crippen LogP contribution in [0.25, 0.3) is 0 Å². The van der Waals surface area contributed by atoms with E-state index in [2.05, 4.69) is 0 Å². The molecule has 0 spiro atoms. The summed E-state index contributed by atoms with van der Waals surface area (Å²) in [6.45, 7) is 3.11. The number of aryl methyl sites for hydroxylation is 2. The van der Waals surface area contributed by atoms with E-state index in [4.69, 9.17) is 5.11 Å². The van der Waals surface area contributed by atoms with Gasteiger partial charge >= 0.3 is 5.97 Å². The minimum Gasteiger partial charge on any atom is -0.507 e. The number of carbonyl (C=O) groups is 1. The molecule has 3 nitrogen and oxygen atoms in total. The molecule has 1 unspecified atom stereocenters. The van der Waals surface area contributed by atoms with E-state index in [-0.39, 0.29) is 11.3 Å². The molecular formula is C12H12F2O3. The number of carboxylic acid groups (broad SMARTS) is 1. The van der Waals surface area contributed by atoms with E-state index in [1.807, 2.05) is 0 Å². The molecule has 0 amide bonds. The van der Waals surface area contributed by atoms with Gasteiger partial charge in [0.2, 0.25) is 0 Å². The summed E-state index contributed by atoms with van der Waals surface area (Å²) in [5.41, 5.74) is -1.24. The van der Waals surface area contributed by atoms with Gasteiger partial charge in [-0.15, -0.1) is 0 Å². The van der Waals surface area contributed by atoms with E-state index in [9.17, 15) is 18.7 Å². The topological polar surface area (TPSA) is 57.5 Å². The first-order valence-electron chi connectivity index (χ1n) is 5.14. The van der Waals surface area contributed by atoms with Crippen molar-refractivity contribution in [2.24, 2.45) is 0 Å². The minimum absolute atomic E-state index is 0.0123. The lowest BCUT2D eigenvalue weighted by Gasteiger charge is -2.14. The summed E-state index contributed by atoms with van der Waals surface area (Å²) in [6.07, 6.45) is -0.682. The second-order valence-electron chi connectivity index (χ2n) is 4.55. The van der Waals surface area contributed by atoms with Crippen molar-refractivity contribution in [2.75, 3.05) is 0 Å². The summed E-state index contributed by atoms with van der Waals surface area (Å²) in [5.74, 6) is -4.72. The largest absolute Gasteiger partial charge is 0.507 e. The summed E-state index contributed by atoms with van der Waals surface area (Å²) in [5, 5.41) is 18.6. The van der Waals surface area contributed by atoms with Crippen LogP contribution in [0.4, 0.5) is 8.78 Å². The maximum Gasteiger partial charge on any atom is 0.320 e. The molecule has 5 heteroatoms. The molecule has 0 aromatic heterocycles. The predicted octanol–water partition coefficient (Wildman–Crippen LogP) is 2.37. The number of benzene rings is 1. The van der Waals surface area contributed by atoms with Crippen molar-refractivity contribution in [3.63, 3.8) is 0 Å². The molecule has 1 atom stereocenters. The Morgan fingerprint density at radius 2 is 1.71 bits per heavy atom. The van der Waals surface area contributed by atoms with Gasteiger partial charge in [0.05, 0.1) is 0 Å². The van der Waals surface area contributed by atoms with Gasteiger partial charge in [-0.05, 0) is 30.5 Å². The summed E-state index contributed by atoms with van der Waals surface area (Å²) in [4.78, 5) is 11.1. The molecule has 1 aromatic rings. The Bertz CT molecular complexity index is 487. The van der Waals surface area contributed by atoms with Crippen LogP contribution < -0.4 is 0 Å². The molecular weight excluding hydrogens is 230 g/mol. The van der Waals surface area contributed by atoms with Gasteiger partial charge in [0, 0.05) is 6.42 Å². The van der Waals surface area contributed by atoms with Crippen molar-refractivity contribution >= 4 is 5.97 Å². The number of hydrogen-bond acceptors (Lipinski definition) is 2. The first-order chi connectivity index (χ1) is 7.72. The quantitative estimate of drug-likeness (QED) is 0.837. The van der Waals surface area contributed by atoms with Crippen LogP contribution in [0.3, 0.4) is 0 Å². The predicted molar refractivity (Wildman–Crippen MR) is 56.5 cm³/mol. The van der Waals surface area contributed by atoms with Crippen LogP contribution in [0.15, 0.2) is 12.1 Å². The average molecular weight is 242 g/mol. The van der Waals surface area contributed by atoms with E-state index < -0.39 is 23.7 Å². The smallest absolute Gasteiger partial charge is 0.320 e. The summed E-state index contributed by atoms with van der Waals surface area (Å²) >= 11 is 0. The molecule has 2 N–H and O–H groups in total. The lowest BCUT2D eigenvalue weighted by atomic mass is 9.92. The minimum atomic E-state index is -3.21. The molecule has 0 saturated heterocycles. The first-order valence-corrected chi connectivity index (χ1v) is 5.14. The summed E-state index contributed by atoms with van der Waals surface area (Å²) in [7, 11) is 0.